The summed E-state index contributed by atoms with van der Waals surface area (Å²) < 4.78 is 5.65. The number of alkyl carbamates (subject to hydrolysis) is 1. The van der Waals surface area contributed by atoms with Crippen LogP contribution in [-0.4, -0.2) is 39.0 Å². The number of allylic oxidation sites excluding steroid dienone is 2. The number of aliphatic imine (C=N–C) groups is 1. The Kier molecular flexibility index (Phi) is 6.17. The van der Waals surface area contributed by atoms with Crippen molar-refractivity contribution in [2.24, 2.45) is 10.4 Å². The zero-order chi connectivity index (χ0) is 28.2. The van der Waals surface area contributed by atoms with Crippen molar-refractivity contribution >= 4 is 23.2 Å². The smallest absolute Gasteiger partial charge is 0.408 e. The Hall–Kier alpha value is -4.07. The summed E-state index contributed by atoms with van der Waals surface area (Å²) in [6.07, 6.45) is 11.4. The van der Waals surface area contributed by atoms with Crippen LogP contribution in [0.25, 0.3) is 5.57 Å². The highest BCUT2D eigenvalue weighted by molar-refractivity contribution is 6.11. The number of carbonyl (C=O) groups is 1. The van der Waals surface area contributed by atoms with Gasteiger partial charge in [-0.2, -0.15) is 0 Å². The van der Waals surface area contributed by atoms with Crippen molar-refractivity contribution in [2.75, 3.05) is 11.4 Å². The summed E-state index contributed by atoms with van der Waals surface area (Å²) in [5, 5.41) is 3.24. The maximum absolute atomic E-state index is 12.9. The van der Waals surface area contributed by atoms with Gasteiger partial charge in [-0.3, -0.25) is 9.98 Å². The minimum absolute atomic E-state index is 0.0831. The first kappa shape index (κ1) is 25.9. The number of ether oxygens (including phenoxy) is 1. The molecule has 4 aliphatic rings. The Morgan fingerprint density at radius 2 is 1.98 bits per heavy atom. The number of nitrogens with zero attached hydrogens (tertiary/aromatic N) is 5. The van der Waals surface area contributed by atoms with E-state index in [1.165, 1.54) is 16.7 Å². The Bertz CT molecular complexity index is 1590. The van der Waals surface area contributed by atoms with E-state index in [1.807, 2.05) is 39.2 Å². The molecule has 2 aromatic heterocycles. The molecule has 2 aliphatic heterocycles. The topological polar surface area (TPSA) is 92.6 Å². The quantitative estimate of drug-likeness (QED) is 0.425. The maximum atomic E-state index is 12.9. The zero-order valence-electron chi connectivity index (χ0n) is 24.0. The summed E-state index contributed by atoms with van der Waals surface area (Å²) in [6.45, 7) is 7.15. The highest BCUT2D eigenvalue weighted by Gasteiger charge is 2.47. The summed E-state index contributed by atoms with van der Waals surface area (Å²) in [4.78, 5) is 34.5. The van der Waals surface area contributed by atoms with Gasteiger partial charge in [0.1, 0.15) is 11.3 Å². The molecule has 1 spiro atoms. The number of nitrogens with one attached hydrogen (secondary N) is 1. The molecule has 0 radical (unpaired) electrons. The van der Waals surface area contributed by atoms with E-state index in [0.29, 0.717) is 6.54 Å². The first-order chi connectivity index (χ1) is 19.8. The third kappa shape index (κ3) is 4.69. The van der Waals surface area contributed by atoms with Crippen molar-refractivity contribution in [3.8, 4) is 0 Å². The van der Waals surface area contributed by atoms with E-state index in [1.54, 1.807) is 0 Å². The zero-order valence-corrected chi connectivity index (χ0v) is 24.0. The van der Waals surface area contributed by atoms with Crippen LogP contribution in [0.2, 0.25) is 0 Å². The molecule has 0 saturated heterocycles. The number of pyridine rings is 1. The van der Waals surface area contributed by atoms with Crippen LogP contribution in [0.4, 0.5) is 10.5 Å². The first-order valence-electron chi connectivity index (χ1n) is 14.7. The third-order valence-corrected chi connectivity index (χ3v) is 8.80. The van der Waals surface area contributed by atoms with Gasteiger partial charge in [0, 0.05) is 18.2 Å². The molecule has 3 aromatic rings. The number of amides is 1. The number of fused-ring (bicyclic) bond motifs is 3. The molecule has 1 amide bonds. The molecular formula is C33H36N6O2. The van der Waals surface area contributed by atoms with Crippen LogP contribution in [0, 0.1) is 5.41 Å². The number of rotatable bonds is 2. The number of anilines is 1. The minimum Gasteiger partial charge on any atom is -0.444 e. The summed E-state index contributed by atoms with van der Waals surface area (Å²) in [6, 6.07) is 12.5. The van der Waals surface area contributed by atoms with Gasteiger partial charge in [-0.05, 0) is 88.1 Å². The average molecular weight is 549 g/mol. The van der Waals surface area contributed by atoms with E-state index >= 15 is 0 Å². The summed E-state index contributed by atoms with van der Waals surface area (Å²) in [5.41, 5.74) is 8.10. The number of aryl methyl sites for hydroxylation is 1. The van der Waals surface area contributed by atoms with Gasteiger partial charge in [-0.1, -0.05) is 30.3 Å². The molecule has 0 fully saturated rings. The fraction of sp³-hybridized carbons (Fsp3) is 0.424. The predicted molar refractivity (Wildman–Crippen MR) is 159 cm³/mol. The Balaban J connectivity index is 1.12. The lowest BCUT2D eigenvalue weighted by molar-refractivity contribution is 0.0442. The van der Waals surface area contributed by atoms with Gasteiger partial charge in [0.15, 0.2) is 5.84 Å². The van der Waals surface area contributed by atoms with Crippen molar-refractivity contribution < 1.29 is 9.53 Å². The Morgan fingerprint density at radius 1 is 1.10 bits per heavy atom. The lowest BCUT2D eigenvalue weighted by atomic mass is 9.70. The van der Waals surface area contributed by atoms with E-state index in [2.05, 4.69) is 51.6 Å². The SMILES string of the molecule is CC(C)(C)OC(=O)N[C@@H]1c2ccccc2C[C@]12CC=C(c1cnc3c(n1)CN=C3N1CCCc3ncccc31)CC2. The fourth-order valence-corrected chi connectivity index (χ4v) is 6.94. The van der Waals surface area contributed by atoms with Gasteiger partial charge in [-0.25, -0.2) is 14.8 Å². The molecule has 1 aromatic carbocycles. The van der Waals surface area contributed by atoms with Crippen molar-refractivity contribution in [1.29, 1.82) is 0 Å². The van der Waals surface area contributed by atoms with Gasteiger partial charge >= 0.3 is 6.09 Å². The molecule has 41 heavy (non-hydrogen) atoms. The largest absolute Gasteiger partial charge is 0.444 e. The molecule has 0 saturated carbocycles. The van der Waals surface area contributed by atoms with Gasteiger partial charge < -0.3 is 15.0 Å². The van der Waals surface area contributed by atoms with E-state index in [0.717, 1.165) is 79.4 Å². The second kappa shape index (κ2) is 9.79. The van der Waals surface area contributed by atoms with Crippen LogP contribution in [0.15, 0.2) is 59.9 Å². The van der Waals surface area contributed by atoms with Gasteiger partial charge in [0.2, 0.25) is 0 Å². The van der Waals surface area contributed by atoms with E-state index in [9.17, 15) is 4.79 Å². The number of aromatic nitrogens is 3. The molecule has 0 bridgehead atoms. The average Bonchev–Trinajstić information content (AvgIpc) is 3.51. The maximum Gasteiger partial charge on any atom is 0.408 e. The van der Waals surface area contributed by atoms with Crippen LogP contribution in [0.1, 0.15) is 86.4 Å². The van der Waals surface area contributed by atoms with Crippen molar-refractivity contribution in [2.45, 2.75) is 77.5 Å². The number of benzene rings is 1. The molecule has 4 heterocycles. The molecular weight excluding hydrogens is 512 g/mol. The molecule has 1 N–H and O–H groups in total. The van der Waals surface area contributed by atoms with Gasteiger partial charge in [0.25, 0.3) is 0 Å². The highest BCUT2D eigenvalue weighted by Crippen LogP contribution is 2.54. The molecule has 8 nitrogen and oxygen atoms in total. The number of hydrogen-bond acceptors (Lipinski definition) is 7. The van der Waals surface area contributed by atoms with Crippen LogP contribution in [0.3, 0.4) is 0 Å². The molecule has 7 rings (SSSR count). The van der Waals surface area contributed by atoms with Gasteiger partial charge in [0.05, 0.1) is 41.6 Å². The molecule has 2 atom stereocenters. The molecule has 2 aliphatic carbocycles. The number of hydrogen-bond donors (Lipinski definition) is 1. The molecule has 8 heteroatoms. The van der Waals surface area contributed by atoms with Crippen molar-refractivity contribution in [3.63, 3.8) is 0 Å². The monoisotopic (exact) mass is 548 g/mol. The predicted octanol–water partition coefficient (Wildman–Crippen LogP) is 5.96. The lowest BCUT2D eigenvalue weighted by Crippen LogP contribution is -2.42. The normalized spacial score (nSPS) is 22.9. The van der Waals surface area contributed by atoms with E-state index in [-0.39, 0.29) is 17.6 Å². The minimum atomic E-state index is -0.543. The second-order valence-electron chi connectivity index (χ2n) is 12.7. The third-order valence-electron chi connectivity index (χ3n) is 8.80. The fourth-order valence-electron chi connectivity index (χ4n) is 6.94. The van der Waals surface area contributed by atoms with Gasteiger partial charge in [-0.15, -0.1) is 0 Å². The van der Waals surface area contributed by atoms with Crippen molar-refractivity contribution in [3.05, 3.63) is 88.8 Å². The van der Waals surface area contributed by atoms with Crippen LogP contribution < -0.4 is 10.2 Å². The highest BCUT2D eigenvalue weighted by atomic mass is 16.6. The molecule has 0 unspecified atom stereocenters. The summed E-state index contributed by atoms with van der Waals surface area (Å²) in [5.74, 6) is 0.907. The number of carbonyl (C=O) groups excluding carboxylic acids is 1. The Labute approximate surface area is 241 Å². The number of amidine groups is 1. The second-order valence-corrected chi connectivity index (χ2v) is 12.7. The van der Waals surface area contributed by atoms with Crippen LogP contribution in [-0.2, 0) is 24.1 Å². The van der Waals surface area contributed by atoms with E-state index < -0.39 is 5.60 Å². The lowest BCUT2D eigenvalue weighted by Gasteiger charge is -2.39. The van der Waals surface area contributed by atoms with Crippen LogP contribution in [0.5, 0.6) is 0 Å². The van der Waals surface area contributed by atoms with Crippen LogP contribution >= 0.6 is 0 Å². The summed E-state index contributed by atoms with van der Waals surface area (Å²) >= 11 is 0. The van der Waals surface area contributed by atoms with E-state index in [4.69, 9.17) is 19.7 Å². The standard InChI is InChI=1S/C33H36N6O2/c1-32(2,3)41-31(40)38-29-23-9-5-4-8-22(23)18-33(29)14-12-21(13-15-33)25-19-35-28-26(37-25)20-36-30(28)39-17-7-10-24-27(39)11-6-16-34-24/h4-6,8-9,11-12,16,19,29H,7,10,13-15,17-18,20H2,1-3H3,(H,38,40)/t29-,33-/m1/s1. The Morgan fingerprint density at radius 3 is 2.80 bits per heavy atom. The molecule has 210 valence electrons. The van der Waals surface area contributed by atoms with Crippen molar-refractivity contribution in [1.82, 2.24) is 20.3 Å². The first-order valence-corrected chi connectivity index (χ1v) is 14.7. The summed E-state index contributed by atoms with van der Waals surface area (Å²) in [7, 11) is 0.